The molecule has 3 rings (SSSR count). The van der Waals surface area contributed by atoms with E-state index in [0.29, 0.717) is 5.39 Å². The zero-order chi connectivity index (χ0) is 10.4. The minimum absolute atomic E-state index is 0.112. The van der Waals surface area contributed by atoms with Crippen molar-refractivity contribution in [2.45, 2.75) is 0 Å². The van der Waals surface area contributed by atoms with Crippen LogP contribution in [0.25, 0.3) is 21.8 Å². The zero-order valence-electron chi connectivity index (χ0n) is 7.48. The quantitative estimate of drug-likeness (QED) is 0.551. The lowest BCUT2D eigenvalue weighted by Crippen LogP contribution is -1.96. The first-order valence-electron chi connectivity index (χ1n) is 4.29. The van der Waals surface area contributed by atoms with Crippen LogP contribution in [0.4, 0.5) is 0 Å². The highest BCUT2D eigenvalue weighted by molar-refractivity contribution is 6.09. The van der Waals surface area contributed by atoms with Gasteiger partial charge in [0.2, 0.25) is 0 Å². The van der Waals surface area contributed by atoms with Gasteiger partial charge in [-0.2, -0.15) is 0 Å². The molecule has 6 heteroatoms. The maximum Gasteiger partial charge on any atom is 0.354 e. The van der Waals surface area contributed by atoms with Gasteiger partial charge in [-0.3, -0.25) is 20.2 Å². The predicted molar refractivity (Wildman–Crippen MR) is 52.7 cm³/mol. The van der Waals surface area contributed by atoms with Crippen molar-refractivity contribution in [3.8, 4) is 0 Å². The van der Waals surface area contributed by atoms with Gasteiger partial charge in [0.15, 0.2) is 5.69 Å². The van der Waals surface area contributed by atoms with Crippen LogP contribution in [0.3, 0.4) is 0 Å². The van der Waals surface area contributed by atoms with Gasteiger partial charge in [0.1, 0.15) is 0 Å². The van der Waals surface area contributed by atoms with E-state index in [1.54, 1.807) is 12.4 Å². The smallest absolute Gasteiger partial charge is 0.354 e. The lowest BCUT2D eigenvalue weighted by Gasteiger charge is -1.91. The number of aromatic amines is 2. The first-order valence-corrected chi connectivity index (χ1v) is 4.29. The van der Waals surface area contributed by atoms with Crippen molar-refractivity contribution in [3.05, 3.63) is 24.3 Å². The monoisotopic (exact) mass is 202 g/mol. The third-order valence-corrected chi connectivity index (χ3v) is 2.34. The van der Waals surface area contributed by atoms with Gasteiger partial charge in [0.25, 0.3) is 0 Å². The van der Waals surface area contributed by atoms with Crippen molar-refractivity contribution < 1.29 is 9.90 Å². The number of hydrogen-bond acceptors (Lipinski definition) is 3. The molecule has 6 nitrogen and oxygen atoms in total. The summed E-state index contributed by atoms with van der Waals surface area (Å²) >= 11 is 0. The van der Waals surface area contributed by atoms with Gasteiger partial charge in [-0.1, -0.05) is 0 Å². The van der Waals surface area contributed by atoms with Crippen LogP contribution in [0.2, 0.25) is 0 Å². The van der Waals surface area contributed by atoms with Crippen LogP contribution < -0.4 is 0 Å². The number of hydrogen-bond donors (Lipinski definition) is 3. The molecule has 3 aromatic rings. The fourth-order valence-electron chi connectivity index (χ4n) is 1.64. The average Bonchev–Trinajstić information content (AvgIpc) is 2.82. The molecule has 3 heterocycles. The van der Waals surface area contributed by atoms with Crippen LogP contribution in [0.15, 0.2) is 18.6 Å². The van der Waals surface area contributed by atoms with Gasteiger partial charge in [-0.05, 0) is 0 Å². The highest BCUT2D eigenvalue weighted by Crippen LogP contribution is 2.23. The molecule has 0 aromatic carbocycles. The molecule has 0 unspecified atom stereocenters. The maximum atomic E-state index is 10.9. The first kappa shape index (κ1) is 7.98. The lowest BCUT2D eigenvalue weighted by atomic mass is 10.2. The van der Waals surface area contributed by atoms with Gasteiger partial charge in [0, 0.05) is 17.8 Å². The van der Waals surface area contributed by atoms with E-state index in [9.17, 15) is 4.79 Å². The fourth-order valence-corrected chi connectivity index (χ4v) is 1.64. The number of nitrogens with one attached hydrogen (secondary N) is 2. The Bertz CT molecular complexity index is 667. The minimum atomic E-state index is -1.01. The molecule has 0 fully saturated rings. The van der Waals surface area contributed by atoms with Crippen LogP contribution in [0.1, 0.15) is 10.5 Å². The van der Waals surface area contributed by atoms with E-state index in [0.717, 1.165) is 16.4 Å². The molecule has 0 spiro atoms. The molecular weight excluding hydrogens is 196 g/mol. The maximum absolute atomic E-state index is 10.9. The van der Waals surface area contributed by atoms with Crippen LogP contribution in [0, 0.1) is 0 Å². The van der Waals surface area contributed by atoms with E-state index in [-0.39, 0.29) is 5.69 Å². The number of carboxylic acids is 1. The summed E-state index contributed by atoms with van der Waals surface area (Å²) in [6.45, 7) is 0. The molecule has 3 N–H and O–H groups in total. The first-order chi connectivity index (χ1) is 7.27. The Labute approximate surface area is 82.9 Å². The topological polar surface area (TPSA) is 94.7 Å². The summed E-state index contributed by atoms with van der Waals surface area (Å²) in [7, 11) is 0. The van der Waals surface area contributed by atoms with Crippen molar-refractivity contribution in [3.63, 3.8) is 0 Å². The molecular formula is C9H6N4O2. The largest absolute Gasteiger partial charge is 0.477 e. The SMILES string of the molecule is O=C(O)c1[nH][nH]c2c1cnc1cncc12. The minimum Gasteiger partial charge on any atom is -0.477 e. The molecule has 0 bridgehead atoms. The predicted octanol–water partition coefficient (Wildman–Crippen LogP) is 1.14. The number of pyridine rings is 1. The molecule has 3 aromatic heterocycles. The second-order valence-electron chi connectivity index (χ2n) is 3.18. The normalized spacial score (nSPS) is 11.2. The summed E-state index contributed by atoms with van der Waals surface area (Å²) in [6, 6.07) is 0. The van der Waals surface area contributed by atoms with Gasteiger partial charge in [-0.25, -0.2) is 4.79 Å². The number of carbonyl (C=O) groups is 1. The molecule has 0 saturated heterocycles. The summed E-state index contributed by atoms with van der Waals surface area (Å²) in [5, 5.41) is 15.7. The Balaban J connectivity index is 2.51. The Morgan fingerprint density at radius 1 is 1.20 bits per heavy atom. The molecule has 0 aliphatic rings. The van der Waals surface area contributed by atoms with E-state index < -0.39 is 5.97 Å². The van der Waals surface area contributed by atoms with Crippen LogP contribution in [-0.2, 0) is 0 Å². The molecule has 74 valence electrons. The third-order valence-electron chi connectivity index (χ3n) is 2.34. The molecule has 0 saturated carbocycles. The molecule has 0 aliphatic heterocycles. The molecule has 0 amide bonds. The highest BCUT2D eigenvalue weighted by Gasteiger charge is 2.13. The summed E-state index contributed by atoms with van der Waals surface area (Å²) in [5.41, 5.74) is 1.57. The average molecular weight is 202 g/mol. The number of nitrogens with zero attached hydrogens (tertiary/aromatic N) is 2. The Kier molecular flexibility index (Phi) is 1.37. The molecule has 15 heavy (non-hydrogen) atoms. The van der Waals surface area contributed by atoms with Crippen LogP contribution >= 0.6 is 0 Å². The fraction of sp³-hybridized carbons (Fsp3) is 0. The van der Waals surface area contributed by atoms with Crippen LogP contribution in [0.5, 0.6) is 0 Å². The number of fused-ring (bicyclic) bond motifs is 3. The number of aromatic nitrogens is 4. The van der Waals surface area contributed by atoms with E-state index in [1.807, 2.05) is 0 Å². The molecule has 0 atom stereocenters. The summed E-state index contributed by atoms with van der Waals surface area (Å²) in [5.74, 6) is -1.01. The van der Waals surface area contributed by atoms with Crippen LogP contribution in [-0.4, -0.2) is 31.2 Å². The lowest BCUT2D eigenvalue weighted by molar-refractivity contribution is 0.0692. The summed E-state index contributed by atoms with van der Waals surface area (Å²) in [4.78, 5) is 18.9. The van der Waals surface area contributed by atoms with Gasteiger partial charge in [0.05, 0.1) is 22.6 Å². The third kappa shape index (κ3) is 0.954. The number of H-pyrrole nitrogens is 2. The summed E-state index contributed by atoms with van der Waals surface area (Å²) < 4.78 is 0. The molecule has 0 aliphatic carbocycles. The van der Waals surface area contributed by atoms with Gasteiger partial charge >= 0.3 is 5.97 Å². The van der Waals surface area contributed by atoms with Gasteiger partial charge in [-0.15, -0.1) is 0 Å². The number of carboxylic acid groups (broad SMARTS) is 1. The van der Waals surface area contributed by atoms with Gasteiger partial charge < -0.3 is 5.11 Å². The standard InChI is InChI=1S/C9H6N4O2/c14-9(15)8-5-2-11-6-3-10-1-4(6)7(5)12-13-8/h1-3,12-13H,(H,14,15). The summed E-state index contributed by atoms with van der Waals surface area (Å²) in [6.07, 6.45) is 4.81. The van der Waals surface area contributed by atoms with Crippen molar-refractivity contribution in [1.82, 2.24) is 20.2 Å². The second kappa shape index (κ2) is 2.57. The molecule has 0 radical (unpaired) electrons. The van der Waals surface area contributed by atoms with E-state index >= 15 is 0 Å². The van der Waals surface area contributed by atoms with Crippen molar-refractivity contribution in [2.75, 3.05) is 0 Å². The van der Waals surface area contributed by atoms with E-state index in [2.05, 4.69) is 20.2 Å². The van der Waals surface area contributed by atoms with E-state index in [1.165, 1.54) is 6.20 Å². The Hall–Kier alpha value is -2.37. The Morgan fingerprint density at radius 2 is 2.07 bits per heavy atom. The highest BCUT2D eigenvalue weighted by atomic mass is 16.4. The second-order valence-corrected chi connectivity index (χ2v) is 3.18. The zero-order valence-corrected chi connectivity index (χ0v) is 7.48. The van der Waals surface area contributed by atoms with Crippen molar-refractivity contribution in [1.29, 1.82) is 0 Å². The number of aromatic carboxylic acids is 1. The number of rotatable bonds is 1. The van der Waals surface area contributed by atoms with E-state index in [4.69, 9.17) is 5.11 Å². The Morgan fingerprint density at radius 3 is 2.87 bits per heavy atom. The van der Waals surface area contributed by atoms with Crippen molar-refractivity contribution in [2.24, 2.45) is 0 Å². The van der Waals surface area contributed by atoms with Crippen molar-refractivity contribution >= 4 is 27.8 Å².